The predicted molar refractivity (Wildman–Crippen MR) is 104 cm³/mol. The first-order chi connectivity index (χ1) is 12.5. The van der Waals surface area contributed by atoms with Crippen LogP contribution in [0.2, 0.25) is 0 Å². The van der Waals surface area contributed by atoms with Gasteiger partial charge in [0.1, 0.15) is 0 Å². The topological polar surface area (TPSA) is 6.48 Å². The number of nitrogens with zero attached hydrogens (tertiary/aromatic N) is 2. The van der Waals surface area contributed by atoms with E-state index in [2.05, 4.69) is 46.9 Å². The molecule has 2 fully saturated rings. The zero-order valence-corrected chi connectivity index (χ0v) is 15.7. The number of alkyl halides is 2. The molecular formula is C22H30F2N2. The highest BCUT2D eigenvalue weighted by Gasteiger charge is 2.56. The first-order valence-corrected chi connectivity index (χ1v) is 9.74. The molecule has 0 spiro atoms. The van der Waals surface area contributed by atoms with Crippen LogP contribution in [0, 0.1) is 11.8 Å². The van der Waals surface area contributed by atoms with E-state index in [1.807, 2.05) is 19.1 Å². The van der Waals surface area contributed by atoms with Gasteiger partial charge in [-0.05, 0) is 49.8 Å². The summed E-state index contributed by atoms with van der Waals surface area (Å²) in [4.78, 5) is 4.58. The van der Waals surface area contributed by atoms with E-state index >= 15 is 0 Å². The summed E-state index contributed by atoms with van der Waals surface area (Å²) in [6, 6.07) is 0. The highest BCUT2D eigenvalue weighted by atomic mass is 19.3. The minimum atomic E-state index is -2.39. The van der Waals surface area contributed by atoms with E-state index in [0.29, 0.717) is 12.3 Å². The number of hydrogen-bond acceptors (Lipinski definition) is 2. The van der Waals surface area contributed by atoms with E-state index in [-0.39, 0.29) is 6.42 Å². The molecular weight excluding hydrogens is 330 g/mol. The minimum Gasteiger partial charge on any atom is -0.373 e. The number of allylic oxidation sites excluding steroid dienone is 6. The number of likely N-dealkylation sites (tertiary alicyclic amines) is 1. The average Bonchev–Trinajstić information content (AvgIpc) is 3.28. The fourth-order valence-corrected chi connectivity index (χ4v) is 3.88. The van der Waals surface area contributed by atoms with Crippen LogP contribution in [0.25, 0.3) is 0 Å². The Labute approximate surface area is 156 Å². The standard InChI is InChI=1S/C22H30F2N2/c1-3-5-6-18(4-2)19-7-15-26(16-8-19)21-10-13-25(14-11-21)12-9-20-17-22(20,23)24/h3-6,10-11,13,19-20H,2,7-9,12,14-17H2,1H3/b5-3-,18-6+. The van der Waals surface area contributed by atoms with Gasteiger partial charge in [-0.15, -0.1) is 0 Å². The molecule has 4 heteroatoms. The lowest BCUT2D eigenvalue weighted by atomic mass is 9.88. The zero-order valence-electron chi connectivity index (χ0n) is 15.7. The Morgan fingerprint density at radius 2 is 2.08 bits per heavy atom. The Hall–Kier alpha value is -1.84. The molecule has 2 aliphatic heterocycles. The molecule has 3 aliphatic rings. The third-order valence-electron chi connectivity index (χ3n) is 5.76. The summed E-state index contributed by atoms with van der Waals surface area (Å²) < 4.78 is 25.9. The fourth-order valence-electron chi connectivity index (χ4n) is 3.88. The van der Waals surface area contributed by atoms with Gasteiger partial charge in [-0.2, -0.15) is 0 Å². The lowest BCUT2D eigenvalue weighted by Crippen LogP contribution is -2.35. The molecule has 142 valence electrons. The van der Waals surface area contributed by atoms with Crippen molar-refractivity contribution in [3.05, 3.63) is 60.5 Å². The van der Waals surface area contributed by atoms with Crippen LogP contribution >= 0.6 is 0 Å². The van der Waals surface area contributed by atoms with Crippen LogP contribution in [0.1, 0.15) is 32.6 Å². The van der Waals surface area contributed by atoms with Gasteiger partial charge in [-0.3, -0.25) is 0 Å². The average molecular weight is 360 g/mol. The van der Waals surface area contributed by atoms with Crippen molar-refractivity contribution in [3.8, 4) is 0 Å². The quantitative estimate of drug-likeness (QED) is 0.580. The monoisotopic (exact) mass is 360 g/mol. The molecule has 2 nitrogen and oxygen atoms in total. The van der Waals surface area contributed by atoms with Crippen LogP contribution in [0.15, 0.2) is 60.5 Å². The minimum absolute atomic E-state index is 0.0791. The molecule has 2 heterocycles. The summed E-state index contributed by atoms with van der Waals surface area (Å²) in [6.07, 6.45) is 17.7. The zero-order chi connectivity index (χ0) is 18.6. The largest absolute Gasteiger partial charge is 0.373 e. The first-order valence-electron chi connectivity index (χ1n) is 9.74. The third kappa shape index (κ3) is 4.66. The molecule has 0 bridgehead atoms. The van der Waals surface area contributed by atoms with Crippen molar-refractivity contribution in [1.82, 2.24) is 9.80 Å². The van der Waals surface area contributed by atoms with Crippen LogP contribution in [0.4, 0.5) is 8.78 Å². The van der Waals surface area contributed by atoms with Gasteiger partial charge >= 0.3 is 0 Å². The summed E-state index contributed by atoms with van der Waals surface area (Å²) in [5.41, 5.74) is 2.60. The molecule has 0 radical (unpaired) electrons. The lowest BCUT2D eigenvalue weighted by molar-refractivity contribution is 0.0953. The van der Waals surface area contributed by atoms with Gasteiger partial charge in [0.15, 0.2) is 0 Å². The van der Waals surface area contributed by atoms with Crippen molar-refractivity contribution in [2.45, 2.75) is 38.5 Å². The summed E-state index contributed by atoms with van der Waals surface area (Å²) >= 11 is 0. The van der Waals surface area contributed by atoms with Crippen molar-refractivity contribution < 1.29 is 8.78 Å². The van der Waals surface area contributed by atoms with E-state index in [4.69, 9.17) is 0 Å². The number of rotatable bonds is 7. The van der Waals surface area contributed by atoms with E-state index < -0.39 is 11.8 Å². The van der Waals surface area contributed by atoms with E-state index in [0.717, 1.165) is 39.0 Å². The summed E-state index contributed by atoms with van der Waals surface area (Å²) in [5, 5.41) is 0. The SMILES string of the molecule is C=C/C(=C\C=C/C)C1CCN(C2=CCN(CCC3CC3(F)F)C=C2)CC1. The van der Waals surface area contributed by atoms with Crippen LogP contribution in [-0.2, 0) is 0 Å². The molecule has 3 rings (SSSR count). The smallest absolute Gasteiger partial charge is 0.251 e. The predicted octanol–water partition coefficient (Wildman–Crippen LogP) is 5.15. The van der Waals surface area contributed by atoms with Gasteiger partial charge in [0, 0.05) is 50.4 Å². The second-order valence-corrected chi connectivity index (χ2v) is 7.55. The van der Waals surface area contributed by atoms with E-state index in [9.17, 15) is 8.78 Å². The molecule has 0 aromatic heterocycles. The summed E-state index contributed by atoms with van der Waals surface area (Å²) in [7, 11) is 0. The maximum absolute atomic E-state index is 13.0. The van der Waals surface area contributed by atoms with Gasteiger partial charge in [0.25, 0.3) is 5.92 Å². The van der Waals surface area contributed by atoms with Gasteiger partial charge < -0.3 is 9.80 Å². The van der Waals surface area contributed by atoms with Crippen molar-refractivity contribution >= 4 is 0 Å². The highest BCUT2D eigenvalue weighted by molar-refractivity contribution is 5.27. The lowest BCUT2D eigenvalue weighted by Gasteiger charge is -2.36. The third-order valence-corrected chi connectivity index (χ3v) is 5.76. The molecule has 1 atom stereocenters. The van der Waals surface area contributed by atoms with Crippen LogP contribution in [0.3, 0.4) is 0 Å². The van der Waals surface area contributed by atoms with Gasteiger partial charge in [-0.1, -0.05) is 30.9 Å². The van der Waals surface area contributed by atoms with Gasteiger partial charge in [0.2, 0.25) is 0 Å². The highest BCUT2D eigenvalue weighted by Crippen LogP contribution is 2.50. The molecule has 0 amide bonds. The molecule has 1 saturated carbocycles. The van der Waals surface area contributed by atoms with Crippen molar-refractivity contribution in [1.29, 1.82) is 0 Å². The normalized spacial score (nSPS) is 26.3. The summed E-state index contributed by atoms with van der Waals surface area (Å²) in [6.45, 7) is 9.64. The number of piperidine rings is 1. The van der Waals surface area contributed by atoms with E-state index in [1.165, 1.54) is 11.3 Å². The Balaban J connectivity index is 1.44. The van der Waals surface area contributed by atoms with Crippen molar-refractivity contribution in [3.63, 3.8) is 0 Å². The van der Waals surface area contributed by atoms with Crippen LogP contribution < -0.4 is 0 Å². The Morgan fingerprint density at radius 3 is 2.62 bits per heavy atom. The van der Waals surface area contributed by atoms with Gasteiger partial charge in [0.05, 0.1) is 0 Å². The Bertz CT molecular complexity index is 622. The number of hydrogen-bond donors (Lipinski definition) is 0. The molecule has 26 heavy (non-hydrogen) atoms. The van der Waals surface area contributed by atoms with Crippen molar-refractivity contribution in [2.75, 3.05) is 26.2 Å². The maximum Gasteiger partial charge on any atom is 0.251 e. The molecule has 1 saturated heterocycles. The second-order valence-electron chi connectivity index (χ2n) is 7.55. The van der Waals surface area contributed by atoms with E-state index in [1.54, 1.807) is 0 Å². The fraction of sp³-hybridized carbons (Fsp3) is 0.545. The maximum atomic E-state index is 13.0. The Morgan fingerprint density at radius 1 is 1.35 bits per heavy atom. The van der Waals surface area contributed by atoms with Gasteiger partial charge in [-0.25, -0.2) is 8.78 Å². The summed E-state index contributed by atoms with van der Waals surface area (Å²) in [5.74, 6) is -2.20. The van der Waals surface area contributed by atoms with Crippen LogP contribution in [0.5, 0.6) is 0 Å². The Kier molecular flexibility index (Phi) is 6.00. The molecule has 0 aromatic carbocycles. The molecule has 1 unspecified atom stereocenters. The molecule has 1 aliphatic carbocycles. The second kappa shape index (κ2) is 8.24. The molecule has 0 N–H and O–H groups in total. The van der Waals surface area contributed by atoms with Crippen molar-refractivity contribution in [2.24, 2.45) is 11.8 Å². The van der Waals surface area contributed by atoms with Crippen LogP contribution in [-0.4, -0.2) is 41.9 Å². The molecule has 0 aromatic rings. The first kappa shape index (κ1) is 18.9. The number of halogens is 2.